The average molecular weight is 258 g/mol. The molecule has 96 valence electrons. The standard InChI is InChI=1S/C13H10N2O4/c16-13-7-6-11(8-12(13)15(18)19)14(17)9-10-4-2-1-3-5-10/h1-9,16H. The van der Waals surface area contributed by atoms with E-state index in [0.29, 0.717) is 10.3 Å². The zero-order valence-corrected chi connectivity index (χ0v) is 9.76. The minimum absolute atomic E-state index is 0.0772. The molecule has 0 amide bonds. The minimum atomic E-state index is -0.741. The van der Waals surface area contributed by atoms with Crippen LogP contribution in [-0.2, 0) is 0 Å². The first kappa shape index (κ1) is 12.6. The summed E-state index contributed by atoms with van der Waals surface area (Å²) < 4.78 is 0.516. The first-order valence-electron chi connectivity index (χ1n) is 5.41. The van der Waals surface area contributed by atoms with Gasteiger partial charge in [-0.3, -0.25) is 10.1 Å². The summed E-state index contributed by atoms with van der Waals surface area (Å²) in [6, 6.07) is 12.3. The Morgan fingerprint density at radius 1 is 1.05 bits per heavy atom. The van der Waals surface area contributed by atoms with Crippen molar-refractivity contribution in [2.24, 2.45) is 0 Å². The van der Waals surface area contributed by atoms with Gasteiger partial charge in [-0.05, 0) is 18.2 Å². The van der Waals surface area contributed by atoms with Gasteiger partial charge in [0.25, 0.3) is 0 Å². The molecule has 0 radical (unpaired) electrons. The predicted octanol–water partition coefficient (Wildman–Crippen LogP) is 2.56. The van der Waals surface area contributed by atoms with E-state index in [1.807, 2.05) is 6.07 Å². The summed E-state index contributed by atoms with van der Waals surface area (Å²) in [7, 11) is 0. The third kappa shape index (κ3) is 2.86. The number of rotatable bonds is 3. The lowest BCUT2D eigenvalue weighted by molar-refractivity contribution is -0.388. The first-order valence-corrected chi connectivity index (χ1v) is 5.41. The molecule has 0 aliphatic heterocycles. The van der Waals surface area contributed by atoms with Crippen LogP contribution in [0.25, 0.3) is 0 Å². The van der Waals surface area contributed by atoms with Crippen LogP contribution >= 0.6 is 0 Å². The average Bonchev–Trinajstić information content (AvgIpc) is 2.40. The van der Waals surface area contributed by atoms with Crippen LogP contribution in [-0.4, -0.2) is 21.0 Å². The van der Waals surface area contributed by atoms with Crippen LogP contribution in [0.5, 0.6) is 5.75 Å². The molecule has 6 nitrogen and oxygen atoms in total. The van der Waals surface area contributed by atoms with Crippen molar-refractivity contribution in [3.05, 3.63) is 69.4 Å². The highest BCUT2D eigenvalue weighted by Crippen LogP contribution is 2.29. The third-order valence-electron chi connectivity index (χ3n) is 2.48. The Morgan fingerprint density at radius 3 is 2.37 bits per heavy atom. The molecular weight excluding hydrogens is 248 g/mol. The molecule has 0 unspecified atom stereocenters. The molecule has 19 heavy (non-hydrogen) atoms. The van der Waals surface area contributed by atoms with Crippen molar-refractivity contribution in [2.75, 3.05) is 0 Å². The summed E-state index contributed by atoms with van der Waals surface area (Å²) in [6.07, 6.45) is 1.30. The highest BCUT2D eigenvalue weighted by atomic mass is 16.6. The zero-order valence-electron chi connectivity index (χ0n) is 9.76. The molecule has 0 aliphatic rings. The van der Waals surface area contributed by atoms with Crippen molar-refractivity contribution in [2.45, 2.75) is 0 Å². The van der Waals surface area contributed by atoms with E-state index in [1.54, 1.807) is 24.3 Å². The lowest BCUT2D eigenvalue weighted by atomic mass is 10.2. The number of phenolic OH excluding ortho intramolecular Hbond substituents is 1. The molecule has 6 heteroatoms. The Hall–Kier alpha value is -2.89. The summed E-state index contributed by atoms with van der Waals surface area (Å²) in [5, 5.41) is 31.8. The zero-order chi connectivity index (χ0) is 13.8. The Kier molecular flexibility index (Phi) is 3.42. The maximum Gasteiger partial charge on any atom is 0.317 e. The van der Waals surface area contributed by atoms with Crippen LogP contribution in [0.15, 0.2) is 48.5 Å². The van der Waals surface area contributed by atoms with Crippen LogP contribution in [0.1, 0.15) is 5.56 Å². The topological polar surface area (TPSA) is 89.4 Å². The molecule has 2 aromatic carbocycles. The molecule has 0 bridgehead atoms. The molecule has 0 spiro atoms. The van der Waals surface area contributed by atoms with Crippen molar-refractivity contribution in [1.29, 1.82) is 0 Å². The van der Waals surface area contributed by atoms with Crippen molar-refractivity contribution in [1.82, 2.24) is 0 Å². The number of nitro groups is 1. The van der Waals surface area contributed by atoms with Gasteiger partial charge in [-0.15, -0.1) is 0 Å². The Bertz CT molecular complexity index is 638. The van der Waals surface area contributed by atoms with Crippen molar-refractivity contribution >= 4 is 17.6 Å². The molecule has 0 saturated carbocycles. The van der Waals surface area contributed by atoms with Crippen LogP contribution in [0.3, 0.4) is 0 Å². The molecule has 2 rings (SSSR count). The second kappa shape index (κ2) is 5.18. The molecule has 0 heterocycles. The molecule has 0 saturated heterocycles. The summed E-state index contributed by atoms with van der Waals surface area (Å²) in [4.78, 5) is 9.93. The van der Waals surface area contributed by atoms with E-state index < -0.39 is 16.4 Å². The number of nitro benzene ring substituents is 1. The maximum atomic E-state index is 11.9. The lowest BCUT2D eigenvalue weighted by Crippen LogP contribution is -1.99. The summed E-state index contributed by atoms with van der Waals surface area (Å²) in [6.45, 7) is 0. The fraction of sp³-hybridized carbons (Fsp3) is 0. The smallest absolute Gasteiger partial charge is 0.317 e. The lowest BCUT2D eigenvalue weighted by Gasteiger charge is -2.03. The van der Waals surface area contributed by atoms with E-state index in [9.17, 15) is 20.4 Å². The van der Waals surface area contributed by atoms with Crippen LogP contribution in [0, 0.1) is 15.3 Å². The molecule has 1 N–H and O–H groups in total. The second-order valence-electron chi connectivity index (χ2n) is 3.80. The van der Waals surface area contributed by atoms with Crippen LogP contribution in [0.2, 0.25) is 0 Å². The molecule has 0 aliphatic carbocycles. The largest absolute Gasteiger partial charge is 0.618 e. The number of aromatic hydroxyl groups is 1. The minimum Gasteiger partial charge on any atom is -0.618 e. The number of phenols is 1. The van der Waals surface area contributed by atoms with E-state index >= 15 is 0 Å². The van der Waals surface area contributed by atoms with Crippen LogP contribution < -0.4 is 0 Å². The Morgan fingerprint density at radius 2 is 1.74 bits per heavy atom. The first-order chi connectivity index (χ1) is 9.08. The van der Waals surface area contributed by atoms with Gasteiger partial charge in [0.1, 0.15) is 0 Å². The molecule has 0 fully saturated rings. The Labute approximate surface area is 108 Å². The second-order valence-corrected chi connectivity index (χ2v) is 3.80. The fourth-order valence-electron chi connectivity index (χ4n) is 1.54. The van der Waals surface area contributed by atoms with Gasteiger partial charge in [0, 0.05) is 11.6 Å². The van der Waals surface area contributed by atoms with E-state index in [1.165, 1.54) is 12.3 Å². The predicted molar refractivity (Wildman–Crippen MR) is 69.7 cm³/mol. The third-order valence-corrected chi connectivity index (χ3v) is 2.48. The van der Waals surface area contributed by atoms with Gasteiger partial charge in [-0.25, -0.2) is 0 Å². The SMILES string of the molecule is O=[N+]([O-])c1cc([N+]([O-])=Cc2ccccc2)ccc1O. The number of nitrogens with zero attached hydrogens (tertiary/aromatic N) is 2. The number of hydrogen-bond acceptors (Lipinski definition) is 4. The molecule has 0 aromatic heterocycles. The van der Waals surface area contributed by atoms with E-state index in [0.717, 1.165) is 12.1 Å². The number of benzene rings is 2. The Balaban J connectivity index is 2.39. The van der Waals surface area contributed by atoms with Gasteiger partial charge in [0.05, 0.1) is 11.0 Å². The van der Waals surface area contributed by atoms with Crippen molar-refractivity contribution in [3.8, 4) is 5.75 Å². The van der Waals surface area contributed by atoms with Gasteiger partial charge < -0.3 is 10.3 Å². The van der Waals surface area contributed by atoms with E-state index in [-0.39, 0.29) is 5.69 Å². The van der Waals surface area contributed by atoms with Gasteiger partial charge in [-0.1, -0.05) is 18.2 Å². The van der Waals surface area contributed by atoms with Crippen LogP contribution in [0.4, 0.5) is 11.4 Å². The molecular formula is C13H10N2O4. The van der Waals surface area contributed by atoms with Crippen molar-refractivity contribution < 1.29 is 14.8 Å². The number of hydrogen-bond donors (Lipinski definition) is 1. The van der Waals surface area contributed by atoms with Crippen molar-refractivity contribution in [3.63, 3.8) is 0 Å². The molecule has 0 atom stereocenters. The normalized spacial score (nSPS) is 11.3. The van der Waals surface area contributed by atoms with Gasteiger partial charge in [0.15, 0.2) is 12.0 Å². The summed E-state index contributed by atoms with van der Waals surface area (Å²) >= 11 is 0. The highest BCUT2D eigenvalue weighted by Gasteiger charge is 2.16. The monoisotopic (exact) mass is 258 g/mol. The van der Waals surface area contributed by atoms with Gasteiger partial charge >= 0.3 is 5.69 Å². The maximum absolute atomic E-state index is 11.9. The molecule has 2 aromatic rings. The quantitative estimate of drug-likeness (QED) is 0.301. The summed E-state index contributed by atoms with van der Waals surface area (Å²) in [5.74, 6) is -0.470. The highest BCUT2D eigenvalue weighted by molar-refractivity contribution is 5.76. The van der Waals surface area contributed by atoms with Gasteiger partial charge in [-0.2, -0.15) is 4.74 Å². The summed E-state index contributed by atoms with van der Waals surface area (Å²) in [5.41, 5.74) is 0.251. The van der Waals surface area contributed by atoms with E-state index in [4.69, 9.17) is 0 Å². The fourth-order valence-corrected chi connectivity index (χ4v) is 1.54. The van der Waals surface area contributed by atoms with Gasteiger partial charge in [0.2, 0.25) is 5.69 Å². The van der Waals surface area contributed by atoms with E-state index in [2.05, 4.69) is 0 Å².